The van der Waals surface area contributed by atoms with Crippen molar-refractivity contribution in [3.8, 4) is 5.69 Å². The molecule has 0 spiro atoms. The Morgan fingerprint density at radius 2 is 1.55 bits per heavy atom. The van der Waals surface area contributed by atoms with Gasteiger partial charge < -0.3 is 5.32 Å². The van der Waals surface area contributed by atoms with Crippen molar-refractivity contribution >= 4 is 44.1 Å². The summed E-state index contributed by atoms with van der Waals surface area (Å²) in [5.41, 5.74) is 2.04. The highest BCUT2D eigenvalue weighted by molar-refractivity contribution is 7.89. The summed E-state index contributed by atoms with van der Waals surface area (Å²) < 4.78 is 30.8. The third-order valence-corrected chi connectivity index (χ3v) is 9.16. The summed E-state index contributed by atoms with van der Waals surface area (Å²) in [6.07, 6.45) is 0.451. The Kier molecular flexibility index (Phi) is 8.50. The summed E-state index contributed by atoms with van der Waals surface area (Å²) in [5.74, 6) is -0.0785. The second-order valence-electron chi connectivity index (χ2n) is 11.2. The lowest BCUT2D eigenvalue weighted by atomic mass is 9.92. The molecule has 216 valence electrons. The molecule has 0 bridgehead atoms. The van der Waals surface area contributed by atoms with E-state index in [4.69, 9.17) is 16.7 Å². The van der Waals surface area contributed by atoms with Crippen molar-refractivity contribution in [1.29, 1.82) is 0 Å². The highest BCUT2D eigenvalue weighted by Gasteiger charge is 2.28. The highest BCUT2D eigenvalue weighted by atomic mass is 35.5. The molecule has 7 nitrogen and oxygen atoms in total. The van der Waals surface area contributed by atoms with E-state index in [2.05, 4.69) is 5.32 Å². The molecule has 0 saturated heterocycles. The maximum atomic E-state index is 14.0. The van der Waals surface area contributed by atoms with E-state index in [0.717, 1.165) is 22.0 Å². The van der Waals surface area contributed by atoms with Crippen molar-refractivity contribution in [2.75, 3.05) is 18.4 Å². The Hall–Kier alpha value is -3.98. The second-order valence-corrected chi connectivity index (χ2v) is 13.5. The quantitative estimate of drug-likeness (QED) is 0.201. The van der Waals surface area contributed by atoms with Crippen molar-refractivity contribution in [3.05, 3.63) is 119 Å². The highest BCUT2D eigenvalue weighted by Crippen LogP contribution is 2.29. The summed E-state index contributed by atoms with van der Waals surface area (Å²) >= 11 is 6.48. The standard InChI is InChI=1S/C33H33ClN4O3S/c1-33(2,3)30-22-31(38(36-30)29-16-10-9-15-28(29)34)35-32(39)23-37(20-19-24-11-5-4-6-12-24)42(40,41)27-18-17-25-13-7-8-14-26(25)21-27/h4-18,21-22H,19-20,23H2,1-3H3,(H,35,39). The van der Waals surface area contributed by atoms with E-state index in [1.807, 2.05) is 93.6 Å². The van der Waals surface area contributed by atoms with Gasteiger partial charge in [-0.25, -0.2) is 13.1 Å². The number of benzene rings is 4. The lowest BCUT2D eigenvalue weighted by Crippen LogP contribution is -2.39. The number of sulfonamides is 1. The fourth-order valence-electron chi connectivity index (χ4n) is 4.65. The fourth-order valence-corrected chi connectivity index (χ4v) is 6.29. The monoisotopic (exact) mass is 600 g/mol. The number of anilines is 1. The molecule has 0 atom stereocenters. The van der Waals surface area contributed by atoms with Crippen LogP contribution in [-0.2, 0) is 26.7 Å². The minimum atomic E-state index is -4.01. The Bertz CT molecular complexity index is 1830. The second kappa shape index (κ2) is 12.1. The fraction of sp³-hybridized carbons (Fsp3) is 0.212. The summed E-state index contributed by atoms with van der Waals surface area (Å²) in [6, 6.07) is 31.2. The van der Waals surface area contributed by atoms with Crippen LogP contribution in [0.25, 0.3) is 16.5 Å². The SMILES string of the molecule is CC(C)(C)c1cc(NC(=O)CN(CCc2ccccc2)S(=O)(=O)c2ccc3ccccc3c2)n(-c2ccccc2Cl)n1. The number of amides is 1. The maximum Gasteiger partial charge on any atom is 0.243 e. The maximum absolute atomic E-state index is 14.0. The number of carbonyl (C=O) groups excluding carboxylic acids is 1. The van der Waals surface area contributed by atoms with Crippen molar-refractivity contribution in [2.24, 2.45) is 0 Å². The number of carbonyl (C=O) groups is 1. The average Bonchev–Trinajstić information content (AvgIpc) is 3.39. The van der Waals surface area contributed by atoms with Gasteiger partial charge >= 0.3 is 0 Å². The van der Waals surface area contributed by atoms with Gasteiger partial charge in [0.25, 0.3) is 0 Å². The van der Waals surface area contributed by atoms with Crippen molar-refractivity contribution in [1.82, 2.24) is 14.1 Å². The molecular formula is C33H33ClN4O3S. The molecule has 5 aromatic rings. The third-order valence-electron chi connectivity index (χ3n) is 7.00. The van der Waals surface area contributed by atoms with Crippen LogP contribution in [0.5, 0.6) is 0 Å². The summed E-state index contributed by atoms with van der Waals surface area (Å²) in [5, 5.41) is 9.86. The lowest BCUT2D eigenvalue weighted by molar-refractivity contribution is -0.116. The molecular weight excluding hydrogens is 568 g/mol. The van der Waals surface area contributed by atoms with Gasteiger partial charge in [0.2, 0.25) is 15.9 Å². The molecule has 1 amide bonds. The molecule has 9 heteroatoms. The largest absolute Gasteiger partial charge is 0.309 e. The molecule has 0 unspecified atom stereocenters. The van der Waals surface area contributed by atoms with Gasteiger partial charge in [-0.1, -0.05) is 105 Å². The first-order chi connectivity index (χ1) is 20.0. The Morgan fingerprint density at radius 1 is 0.881 bits per heavy atom. The normalized spacial score (nSPS) is 12.1. The minimum absolute atomic E-state index is 0.129. The molecule has 0 aliphatic rings. The predicted molar refractivity (Wildman–Crippen MR) is 169 cm³/mol. The van der Waals surface area contributed by atoms with E-state index in [1.165, 1.54) is 4.31 Å². The number of fused-ring (bicyclic) bond motifs is 1. The number of aromatic nitrogens is 2. The number of hydrogen-bond donors (Lipinski definition) is 1. The molecule has 0 saturated carbocycles. The molecule has 1 N–H and O–H groups in total. The van der Waals surface area contributed by atoms with Crippen LogP contribution in [0.4, 0.5) is 5.82 Å². The predicted octanol–water partition coefficient (Wildman–Crippen LogP) is 6.85. The smallest absolute Gasteiger partial charge is 0.243 e. The van der Waals surface area contributed by atoms with Crippen LogP contribution in [-0.4, -0.2) is 41.5 Å². The molecule has 4 aromatic carbocycles. The first kappa shape index (κ1) is 29.5. The molecule has 1 aromatic heterocycles. The summed E-state index contributed by atoms with van der Waals surface area (Å²) in [4.78, 5) is 13.7. The number of para-hydroxylation sites is 1. The van der Waals surface area contributed by atoms with E-state index in [9.17, 15) is 13.2 Å². The van der Waals surface area contributed by atoms with Crippen LogP contribution in [0.15, 0.2) is 108 Å². The van der Waals surface area contributed by atoms with Gasteiger partial charge in [-0.2, -0.15) is 9.40 Å². The van der Waals surface area contributed by atoms with Gasteiger partial charge in [0.15, 0.2) is 0 Å². The number of nitrogens with one attached hydrogen (secondary N) is 1. The zero-order valence-corrected chi connectivity index (χ0v) is 25.4. The van der Waals surface area contributed by atoms with Gasteiger partial charge in [0.1, 0.15) is 5.82 Å². The first-order valence-corrected chi connectivity index (χ1v) is 15.5. The van der Waals surface area contributed by atoms with Crippen LogP contribution >= 0.6 is 11.6 Å². The van der Waals surface area contributed by atoms with E-state index in [0.29, 0.717) is 22.9 Å². The van der Waals surface area contributed by atoms with Crippen LogP contribution in [0, 0.1) is 0 Å². The Morgan fingerprint density at radius 3 is 2.26 bits per heavy atom. The summed E-state index contributed by atoms with van der Waals surface area (Å²) in [7, 11) is -4.01. The summed E-state index contributed by atoms with van der Waals surface area (Å²) in [6.45, 7) is 5.84. The van der Waals surface area contributed by atoms with E-state index in [-0.39, 0.29) is 23.4 Å². The molecule has 0 radical (unpaired) electrons. The Balaban J connectivity index is 1.46. The average molecular weight is 601 g/mol. The first-order valence-electron chi connectivity index (χ1n) is 13.7. The van der Waals surface area contributed by atoms with Crippen molar-refractivity contribution in [3.63, 3.8) is 0 Å². The molecule has 0 aliphatic heterocycles. The van der Waals surface area contributed by atoms with Crippen molar-refractivity contribution < 1.29 is 13.2 Å². The van der Waals surface area contributed by atoms with Gasteiger partial charge in [0, 0.05) is 18.0 Å². The number of nitrogens with zero attached hydrogens (tertiary/aromatic N) is 3. The van der Waals surface area contributed by atoms with Crippen LogP contribution < -0.4 is 5.32 Å². The molecule has 42 heavy (non-hydrogen) atoms. The number of halogens is 1. The van der Waals surface area contributed by atoms with Crippen LogP contribution in [0.1, 0.15) is 32.0 Å². The molecule has 5 rings (SSSR count). The third kappa shape index (κ3) is 6.57. The number of rotatable bonds is 9. The van der Waals surface area contributed by atoms with Gasteiger partial charge in [-0.3, -0.25) is 4.79 Å². The van der Waals surface area contributed by atoms with Crippen molar-refractivity contribution in [2.45, 2.75) is 37.5 Å². The zero-order valence-electron chi connectivity index (χ0n) is 23.8. The molecule has 1 heterocycles. The minimum Gasteiger partial charge on any atom is -0.309 e. The molecule has 0 fully saturated rings. The molecule has 0 aliphatic carbocycles. The van der Waals surface area contributed by atoms with E-state index in [1.54, 1.807) is 35.0 Å². The van der Waals surface area contributed by atoms with E-state index < -0.39 is 15.9 Å². The van der Waals surface area contributed by atoms with Crippen LogP contribution in [0.3, 0.4) is 0 Å². The number of hydrogen-bond acceptors (Lipinski definition) is 4. The zero-order chi connectivity index (χ0) is 29.9. The van der Waals surface area contributed by atoms with Gasteiger partial charge in [-0.15, -0.1) is 0 Å². The Labute approximate surface area is 251 Å². The topological polar surface area (TPSA) is 84.3 Å². The van der Waals surface area contributed by atoms with E-state index >= 15 is 0 Å². The van der Waals surface area contributed by atoms with Gasteiger partial charge in [-0.05, 0) is 47.0 Å². The lowest BCUT2D eigenvalue weighted by Gasteiger charge is -2.22. The van der Waals surface area contributed by atoms with Crippen LogP contribution in [0.2, 0.25) is 5.02 Å². The van der Waals surface area contributed by atoms with Gasteiger partial charge in [0.05, 0.1) is 27.8 Å².